The monoisotopic (exact) mass is 284 g/mol. The molecule has 112 valence electrons. The minimum absolute atomic E-state index is 0.414. The van der Waals surface area contributed by atoms with Gasteiger partial charge >= 0.3 is 0 Å². The van der Waals surface area contributed by atoms with Crippen molar-refractivity contribution in [3.8, 4) is 11.6 Å². The maximum absolute atomic E-state index is 6.07. The molecule has 0 saturated heterocycles. The molecule has 2 N–H and O–H groups in total. The summed E-state index contributed by atoms with van der Waals surface area (Å²) in [5.41, 5.74) is 10.2. The number of aromatic nitrogens is 1. The molecule has 1 aromatic carbocycles. The summed E-state index contributed by atoms with van der Waals surface area (Å²) in [5.74, 6) is 1.98. The molecule has 0 aliphatic carbocycles. The second-order valence-corrected chi connectivity index (χ2v) is 5.80. The van der Waals surface area contributed by atoms with Crippen LogP contribution in [0.2, 0.25) is 0 Å². The third kappa shape index (κ3) is 3.82. The van der Waals surface area contributed by atoms with Crippen molar-refractivity contribution in [3.05, 3.63) is 52.7 Å². The number of hydrogen-bond donors (Lipinski definition) is 1. The van der Waals surface area contributed by atoms with E-state index in [1.54, 1.807) is 0 Å². The van der Waals surface area contributed by atoms with Crippen LogP contribution < -0.4 is 10.5 Å². The Morgan fingerprint density at radius 2 is 1.95 bits per heavy atom. The van der Waals surface area contributed by atoms with Gasteiger partial charge in [0, 0.05) is 11.8 Å². The fraction of sp³-hybridized carbons (Fsp3) is 0.389. The van der Waals surface area contributed by atoms with E-state index in [0.717, 1.165) is 23.3 Å². The molecule has 1 heterocycles. The van der Waals surface area contributed by atoms with E-state index in [9.17, 15) is 0 Å². The van der Waals surface area contributed by atoms with Gasteiger partial charge in [0.25, 0.3) is 0 Å². The first-order valence-corrected chi connectivity index (χ1v) is 7.45. The van der Waals surface area contributed by atoms with Crippen molar-refractivity contribution in [1.82, 2.24) is 4.98 Å². The molecule has 3 nitrogen and oxygen atoms in total. The molecule has 1 aromatic heterocycles. The smallest absolute Gasteiger partial charge is 0.222 e. The number of ether oxygens (including phenoxy) is 1. The number of pyridine rings is 1. The predicted octanol–water partition coefficient (Wildman–Crippen LogP) is 4.12. The molecule has 21 heavy (non-hydrogen) atoms. The Labute approximate surface area is 127 Å². The van der Waals surface area contributed by atoms with Gasteiger partial charge in [0.05, 0.1) is 0 Å². The topological polar surface area (TPSA) is 48.1 Å². The Balaban J connectivity index is 2.31. The molecule has 0 unspecified atom stereocenters. The van der Waals surface area contributed by atoms with Crippen LogP contribution in [-0.4, -0.2) is 11.5 Å². The first-order valence-electron chi connectivity index (χ1n) is 7.45. The van der Waals surface area contributed by atoms with Crippen LogP contribution in [0.5, 0.6) is 11.6 Å². The summed E-state index contributed by atoms with van der Waals surface area (Å²) < 4.78 is 6.07. The average molecular weight is 284 g/mol. The minimum atomic E-state index is 0.414. The molecule has 0 radical (unpaired) electrons. The van der Waals surface area contributed by atoms with Crippen LogP contribution in [0.4, 0.5) is 0 Å². The maximum Gasteiger partial charge on any atom is 0.222 e. The number of hydrogen-bond acceptors (Lipinski definition) is 3. The summed E-state index contributed by atoms with van der Waals surface area (Å²) in [6.07, 6.45) is 2.69. The van der Waals surface area contributed by atoms with Crippen LogP contribution in [-0.2, 0) is 6.42 Å². The first-order chi connectivity index (χ1) is 10.0. The molecular formula is C18H24N2O. The lowest BCUT2D eigenvalue weighted by Gasteiger charge is -2.15. The van der Waals surface area contributed by atoms with E-state index < -0.39 is 0 Å². The summed E-state index contributed by atoms with van der Waals surface area (Å²) >= 11 is 0. The SMILES string of the molecule is Cc1ccc(C(C)C)c(Oc2ncc(CCN)cc2C)c1. The summed E-state index contributed by atoms with van der Waals surface area (Å²) in [7, 11) is 0. The van der Waals surface area contributed by atoms with Gasteiger partial charge in [0.15, 0.2) is 0 Å². The van der Waals surface area contributed by atoms with Crippen molar-refractivity contribution in [1.29, 1.82) is 0 Å². The van der Waals surface area contributed by atoms with E-state index in [2.05, 4.69) is 50.0 Å². The molecule has 0 aliphatic heterocycles. The Bertz CT molecular complexity index is 621. The van der Waals surface area contributed by atoms with Crippen molar-refractivity contribution in [2.45, 2.75) is 40.0 Å². The molecule has 2 rings (SSSR count). The van der Waals surface area contributed by atoms with Crippen molar-refractivity contribution in [2.75, 3.05) is 6.54 Å². The van der Waals surface area contributed by atoms with Gasteiger partial charge in [-0.15, -0.1) is 0 Å². The van der Waals surface area contributed by atoms with Gasteiger partial charge in [0.2, 0.25) is 5.88 Å². The average Bonchev–Trinajstić information content (AvgIpc) is 2.42. The van der Waals surface area contributed by atoms with E-state index in [0.29, 0.717) is 18.3 Å². The van der Waals surface area contributed by atoms with Crippen molar-refractivity contribution < 1.29 is 4.74 Å². The molecule has 0 spiro atoms. The maximum atomic E-state index is 6.07. The normalized spacial score (nSPS) is 11.0. The van der Waals surface area contributed by atoms with Crippen molar-refractivity contribution >= 4 is 0 Å². The zero-order chi connectivity index (χ0) is 15.4. The largest absolute Gasteiger partial charge is 0.438 e. The van der Waals surface area contributed by atoms with Crippen LogP contribution in [0.1, 0.15) is 42.0 Å². The Kier molecular flexibility index (Phi) is 4.97. The Morgan fingerprint density at radius 1 is 1.19 bits per heavy atom. The molecular weight excluding hydrogens is 260 g/mol. The summed E-state index contributed by atoms with van der Waals surface area (Å²) in [5, 5.41) is 0. The van der Waals surface area contributed by atoms with Gasteiger partial charge in [-0.05, 0) is 61.6 Å². The van der Waals surface area contributed by atoms with E-state index in [4.69, 9.17) is 10.5 Å². The zero-order valence-electron chi connectivity index (χ0n) is 13.3. The summed E-state index contributed by atoms with van der Waals surface area (Å²) in [6.45, 7) is 9.07. The van der Waals surface area contributed by atoms with Gasteiger partial charge in [-0.3, -0.25) is 0 Å². The quantitative estimate of drug-likeness (QED) is 0.898. The molecule has 0 fully saturated rings. The molecule has 0 bridgehead atoms. The predicted molar refractivity (Wildman–Crippen MR) is 87.1 cm³/mol. The standard InChI is InChI=1S/C18H24N2O/c1-12(2)16-6-5-13(3)9-17(16)21-18-14(4)10-15(7-8-19)11-20-18/h5-6,9-12H,7-8,19H2,1-4H3. The van der Waals surface area contributed by atoms with Crippen LogP contribution in [0.25, 0.3) is 0 Å². The summed E-state index contributed by atoms with van der Waals surface area (Å²) in [4.78, 5) is 4.44. The third-order valence-corrected chi connectivity index (χ3v) is 3.52. The number of benzene rings is 1. The van der Waals surface area contributed by atoms with Crippen LogP contribution in [0.3, 0.4) is 0 Å². The van der Waals surface area contributed by atoms with Crippen LogP contribution in [0.15, 0.2) is 30.5 Å². The lowest BCUT2D eigenvalue weighted by molar-refractivity contribution is 0.450. The Hall–Kier alpha value is -1.87. The Morgan fingerprint density at radius 3 is 2.57 bits per heavy atom. The minimum Gasteiger partial charge on any atom is -0.438 e. The summed E-state index contributed by atoms with van der Waals surface area (Å²) in [6, 6.07) is 8.42. The number of nitrogens with zero attached hydrogens (tertiary/aromatic N) is 1. The van der Waals surface area contributed by atoms with Gasteiger partial charge < -0.3 is 10.5 Å². The molecule has 0 aliphatic rings. The molecule has 3 heteroatoms. The number of rotatable bonds is 5. The fourth-order valence-corrected chi connectivity index (χ4v) is 2.34. The van der Waals surface area contributed by atoms with E-state index in [-0.39, 0.29) is 0 Å². The molecule has 2 aromatic rings. The highest BCUT2D eigenvalue weighted by Crippen LogP contribution is 2.32. The van der Waals surface area contributed by atoms with Crippen LogP contribution >= 0.6 is 0 Å². The highest BCUT2D eigenvalue weighted by Gasteiger charge is 2.11. The van der Waals surface area contributed by atoms with Crippen molar-refractivity contribution in [2.24, 2.45) is 5.73 Å². The highest BCUT2D eigenvalue weighted by atomic mass is 16.5. The van der Waals surface area contributed by atoms with E-state index in [1.165, 1.54) is 11.1 Å². The highest BCUT2D eigenvalue weighted by molar-refractivity contribution is 5.42. The molecule has 0 atom stereocenters. The lowest BCUT2D eigenvalue weighted by atomic mass is 10.0. The lowest BCUT2D eigenvalue weighted by Crippen LogP contribution is -2.04. The molecule has 0 saturated carbocycles. The number of nitrogens with two attached hydrogens (primary N) is 1. The van der Waals surface area contributed by atoms with Crippen molar-refractivity contribution in [3.63, 3.8) is 0 Å². The van der Waals surface area contributed by atoms with Gasteiger partial charge in [-0.25, -0.2) is 4.98 Å². The van der Waals surface area contributed by atoms with Gasteiger partial charge in [0.1, 0.15) is 5.75 Å². The van der Waals surface area contributed by atoms with Crippen LogP contribution in [0, 0.1) is 13.8 Å². The van der Waals surface area contributed by atoms with E-state index in [1.807, 2.05) is 13.1 Å². The van der Waals surface area contributed by atoms with Gasteiger partial charge in [-0.1, -0.05) is 26.0 Å². The van der Waals surface area contributed by atoms with Gasteiger partial charge in [-0.2, -0.15) is 0 Å². The third-order valence-electron chi connectivity index (χ3n) is 3.52. The first kappa shape index (κ1) is 15.5. The molecule has 0 amide bonds. The second kappa shape index (κ2) is 6.72. The fourth-order valence-electron chi connectivity index (χ4n) is 2.34. The zero-order valence-corrected chi connectivity index (χ0v) is 13.3. The van der Waals surface area contributed by atoms with E-state index >= 15 is 0 Å². The number of aryl methyl sites for hydroxylation is 2. The second-order valence-electron chi connectivity index (χ2n) is 5.80.